The van der Waals surface area contributed by atoms with Crippen LogP contribution in [0.5, 0.6) is 0 Å². The molecule has 18 heavy (non-hydrogen) atoms. The molecule has 1 fully saturated rings. The van der Waals surface area contributed by atoms with Crippen LogP contribution in [0.2, 0.25) is 0 Å². The predicted octanol–water partition coefficient (Wildman–Crippen LogP) is 4.78. The molecule has 1 nitrogen and oxygen atoms in total. The van der Waals surface area contributed by atoms with Crippen molar-refractivity contribution in [1.82, 2.24) is 5.32 Å². The molecule has 1 saturated carbocycles. The second-order valence-electron chi connectivity index (χ2n) is 5.85. The molecule has 2 heteroatoms. The molecule has 0 spiro atoms. The van der Waals surface area contributed by atoms with Gasteiger partial charge in [-0.15, -0.1) is 0 Å². The molecule has 0 bridgehead atoms. The molecular weight excluding hydrogens is 286 g/mol. The number of hydrogen-bond donors (Lipinski definition) is 1. The first-order valence-corrected chi connectivity index (χ1v) is 7.84. The lowest BCUT2D eigenvalue weighted by molar-refractivity contribution is 0.174. The fourth-order valence-corrected chi connectivity index (χ4v) is 3.68. The monoisotopic (exact) mass is 309 g/mol. The molecule has 2 rings (SSSR count). The van der Waals surface area contributed by atoms with Gasteiger partial charge in [0.05, 0.1) is 0 Å². The molecule has 0 amide bonds. The van der Waals surface area contributed by atoms with Gasteiger partial charge in [-0.25, -0.2) is 0 Å². The van der Waals surface area contributed by atoms with Crippen LogP contribution in [0.15, 0.2) is 28.7 Å². The zero-order valence-corrected chi connectivity index (χ0v) is 13.2. The Kier molecular flexibility index (Phi) is 4.85. The molecular formula is C16H24BrN. The van der Waals surface area contributed by atoms with Gasteiger partial charge in [0, 0.05) is 10.5 Å². The van der Waals surface area contributed by atoms with E-state index < -0.39 is 0 Å². The number of halogens is 1. The van der Waals surface area contributed by atoms with Gasteiger partial charge >= 0.3 is 0 Å². The molecule has 100 valence electrons. The standard InChI is InChI=1S/C16H24BrN/c1-11-7-8-14(9-12(11)2)16(18-3)13-5-4-6-15(17)10-13/h4-6,10-12,14,16,18H,7-9H2,1-3H3. The first-order chi connectivity index (χ1) is 8.61. The van der Waals surface area contributed by atoms with E-state index in [0.717, 1.165) is 17.8 Å². The third kappa shape index (κ3) is 3.16. The summed E-state index contributed by atoms with van der Waals surface area (Å²) in [5.74, 6) is 2.52. The Morgan fingerprint density at radius 3 is 2.61 bits per heavy atom. The topological polar surface area (TPSA) is 12.0 Å². The maximum Gasteiger partial charge on any atom is 0.0346 e. The van der Waals surface area contributed by atoms with E-state index in [0.29, 0.717) is 6.04 Å². The predicted molar refractivity (Wildman–Crippen MR) is 81.6 cm³/mol. The quantitative estimate of drug-likeness (QED) is 0.847. The number of rotatable bonds is 3. The van der Waals surface area contributed by atoms with Crippen molar-refractivity contribution < 1.29 is 0 Å². The van der Waals surface area contributed by atoms with Crippen LogP contribution in [0.4, 0.5) is 0 Å². The summed E-state index contributed by atoms with van der Waals surface area (Å²) < 4.78 is 1.18. The summed E-state index contributed by atoms with van der Waals surface area (Å²) in [6.45, 7) is 4.80. The molecule has 0 heterocycles. The molecule has 4 atom stereocenters. The second kappa shape index (κ2) is 6.21. The lowest BCUT2D eigenvalue weighted by Crippen LogP contribution is -2.31. The Labute approximate surface area is 119 Å². The van der Waals surface area contributed by atoms with Gasteiger partial charge in [0.2, 0.25) is 0 Å². The Hall–Kier alpha value is -0.340. The lowest BCUT2D eigenvalue weighted by atomic mass is 9.72. The molecule has 1 N–H and O–H groups in total. The third-order valence-electron chi connectivity index (χ3n) is 4.63. The van der Waals surface area contributed by atoms with Crippen LogP contribution >= 0.6 is 15.9 Å². The van der Waals surface area contributed by atoms with Gasteiger partial charge < -0.3 is 5.32 Å². The maximum atomic E-state index is 3.58. The van der Waals surface area contributed by atoms with Gasteiger partial charge in [0.15, 0.2) is 0 Å². The van der Waals surface area contributed by atoms with Gasteiger partial charge in [0.1, 0.15) is 0 Å². The van der Waals surface area contributed by atoms with Crippen molar-refractivity contribution in [1.29, 1.82) is 0 Å². The summed E-state index contributed by atoms with van der Waals surface area (Å²) in [5, 5.41) is 3.53. The minimum atomic E-state index is 0.498. The van der Waals surface area contributed by atoms with Gasteiger partial charge in [-0.3, -0.25) is 0 Å². The van der Waals surface area contributed by atoms with Crippen molar-refractivity contribution in [3.8, 4) is 0 Å². The van der Waals surface area contributed by atoms with E-state index in [1.165, 1.54) is 29.3 Å². The number of hydrogen-bond acceptors (Lipinski definition) is 1. The van der Waals surface area contributed by atoms with E-state index in [-0.39, 0.29) is 0 Å². The van der Waals surface area contributed by atoms with E-state index in [1.807, 2.05) is 0 Å². The van der Waals surface area contributed by atoms with Crippen LogP contribution in [-0.2, 0) is 0 Å². The van der Waals surface area contributed by atoms with E-state index in [9.17, 15) is 0 Å². The molecule has 1 aromatic rings. The molecule has 0 radical (unpaired) electrons. The molecule has 0 aliphatic heterocycles. The summed E-state index contributed by atoms with van der Waals surface area (Å²) >= 11 is 3.58. The average Bonchev–Trinajstić information content (AvgIpc) is 2.35. The van der Waals surface area contributed by atoms with Crippen molar-refractivity contribution >= 4 is 15.9 Å². The van der Waals surface area contributed by atoms with Crippen LogP contribution in [0.3, 0.4) is 0 Å². The van der Waals surface area contributed by atoms with E-state index in [4.69, 9.17) is 0 Å². The third-order valence-corrected chi connectivity index (χ3v) is 5.12. The molecule has 0 saturated heterocycles. The Bertz CT molecular complexity index is 390. The normalized spacial score (nSPS) is 30.1. The van der Waals surface area contributed by atoms with Gasteiger partial charge in [-0.05, 0) is 55.3 Å². The largest absolute Gasteiger partial charge is 0.313 e. The Morgan fingerprint density at radius 2 is 2.00 bits per heavy atom. The first-order valence-electron chi connectivity index (χ1n) is 7.04. The van der Waals surface area contributed by atoms with Crippen LogP contribution in [0.1, 0.15) is 44.7 Å². The summed E-state index contributed by atoms with van der Waals surface area (Å²) in [6, 6.07) is 9.23. The molecule has 1 aliphatic carbocycles. The lowest BCUT2D eigenvalue weighted by Gasteiger charge is -2.37. The van der Waals surface area contributed by atoms with E-state index >= 15 is 0 Å². The summed E-state index contributed by atoms with van der Waals surface area (Å²) in [4.78, 5) is 0. The maximum absolute atomic E-state index is 3.58. The first kappa shape index (κ1) is 14.1. The van der Waals surface area contributed by atoms with Gasteiger partial charge in [-0.2, -0.15) is 0 Å². The van der Waals surface area contributed by atoms with Crippen LogP contribution in [0, 0.1) is 17.8 Å². The Morgan fingerprint density at radius 1 is 1.22 bits per heavy atom. The minimum Gasteiger partial charge on any atom is -0.313 e. The minimum absolute atomic E-state index is 0.498. The van der Waals surface area contributed by atoms with Crippen molar-refractivity contribution in [3.05, 3.63) is 34.3 Å². The fourth-order valence-electron chi connectivity index (χ4n) is 3.27. The van der Waals surface area contributed by atoms with E-state index in [1.54, 1.807) is 0 Å². The van der Waals surface area contributed by atoms with Gasteiger partial charge in [0.25, 0.3) is 0 Å². The van der Waals surface area contributed by atoms with Gasteiger partial charge in [-0.1, -0.05) is 48.3 Å². The molecule has 0 aromatic heterocycles. The van der Waals surface area contributed by atoms with Crippen molar-refractivity contribution in [3.63, 3.8) is 0 Å². The highest BCUT2D eigenvalue weighted by Crippen LogP contribution is 2.40. The Balaban J connectivity index is 2.14. The zero-order valence-electron chi connectivity index (χ0n) is 11.6. The number of benzene rings is 1. The SMILES string of the molecule is CNC(c1cccc(Br)c1)C1CCC(C)C(C)C1. The van der Waals surface area contributed by atoms with Crippen LogP contribution in [0.25, 0.3) is 0 Å². The highest BCUT2D eigenvalue weighted by Gasteiger charge is 2.30. The zero-order chi connectivity index (χ0) is 13.1. The van der Waals surface area contributed by atoms with Crippen LogP contribution in [-0.4, -0.2) is 7.05 Å². The highest BCUT2D eigenvalue weighted by molar-refractivity contribution is 9.10. The second-order valence-corrected chi connectivity index (χ2v) is 6.76. The summed E-state index contributed by atoms with van der Waals surface area (Å²) in [5.41, 5.74) is 1.42. The summed E-state index contributed by atoms with van der Waals surface area (Å²) in [6.07, 6.45) is 4.07. The highest BCUT2D eigenvalue weighted by atomic mass is 79.9. The molecule has 4 unspecified atom stereocenters. The molecule has 1 aliphatic rings. The smallest absolute Gasteiger partial charge is 0.0346 e. The van der Waals surface area contributed by atoms with Crippen molar-refractivity contribution in [2.45, 2.75) is 39.2 Å². The summed E-state index contributed by atoms with van der Waals surface area (Å²) in [7, 11) is 2.09. The van der Waals surface area contributed by atoms with Crippen molar-refractivity contribution in [2.75, 3.05) is 7.05 Å². The van der Waals surface area contributed by atoms with Crippen molar-refractivity contribution in [2.24, 2.45) is 17.8 Å². The number of nitrogens with one attached hydrogen (secondary N) is 1. The van der Waals surface area contributed by atoms with E-state index in [2.05, 4.69) is 66.4 Å². The van der Waals surface area contributed by atoms with Crippen LogP contribution < -0.4 is 5.32 Å². The fraction of sp³-hybridized carbons (Fsp3) is 0.625. The average molecular weight is 310 g/mol. The molecule has 1 aromatic carbocycles.